The third kappa shape index (κ3) is 3.72. The van der Waals surface area contributed by atoms with Gasteiger partial charge in [-0.3, -0.25) is 9.79 Å². The van der Waals surface area contributed by atoms with Crippen LogP contribution in [0, 0.1) is 10.8 Å². The third-order valence-electron chi connectivity index (χ3n) is 4.82. The molecular weight excluding hydrogens is 280 g/mol. The minimum absolute atomic E-state index is 0.197. The largest absolute Gasteiger partial charge is 0.380 e. The van der Waals surface area contributed by atoms with Gasteiger partial charge in [0.15, 0.2) is 5.96 Å². The number of carbonyl (C=O) groups excluding carboxylic acids is 1. The first-order valence-corrected chi connectivity index (χ1v) is 8.15. The second-order valence-corrected chi connectivity index (χ2v) is 7.27. The third-order valence-corrected chi connectivity index (χ3v) is 4.82. The lowest BCUT2D eigenvalue weighted by Crippen LogP contribution is -2.53. The number of nitrogens with zero attached hydrogens (tertiary/aromatic N) is 2. The topological polar surface area (TPSA) is 66.0 Å². The summed E-state index contributed by atoms with van der Waals surface area (Å²) in [6.07, 6.45) is 4.17. The van der Waals surface area contributed by atoms with Gasteiger partial charge >= 0.3 is 0 Å². The molecule has 0 bridgehead atoms. The Bertz CT molecular complexity index is 424. The number of hydrogen-bond donors (Lipinski definition) is 2. The highest BCUT2D eigenvalue weighted by molar-refractivity contribution is 5.85. The Balaban J connectivity index is 1.89. The molecule has 1 amide bonds. The summed E-state index contributed by atoms with van der Waals surface area (Å²) < 4.78 is 5.27. The molecule has 1 aliphatic carbocycles. The molecule has 1 aliphatic heterocycles. The molecule has 6 nitrogen and oxygen atoms in total. The molecule has 0 aromatic rings. The summed E-state index contributed by atoms with van der Waals surface area (Å²) in [5.41, 5.74) is -0.0767. The van der Waals surface area contributed by atoms with Gasteiger partial charge in [0.1, 0.15) is 0 Å². The highest BCUT2D eigenvalue weighted by Gasteiger charge is 2.42. The van der Waals surface area contributed by atoms with Crippen LogP contribution in [0.5, 0.6) is 0 Å². The van der Waals surface area contributed by atoms with Gasteiger partial charge in [0.25, 0.3) is 0 Å². The first-order chi connectivity index (χ1) is 10.4. The number of aliphatic imine (C=N–C) groups is 1. The van der Waals surface area contributed by atoms with E-state index in [1.54, 1.807) is 11.9 Å². The molecule has 0 unspecified atom stereocenters. The molecule has 126 valence electrons. The zero-order valence-electron chi connectivity index (χ0n) is 14.4. The summed E-state index contributed by atoms with van der Waals surface area (Å²) in [6.45, 7) is 5.27. The van der Waals surface area contributed by atoms with E-state index in [-0.39, 0.29) is 16.7 Å². The fraction of sp³-hybridized carbons (Fsp3) is 0.875. The monoisotopic (exact) mass is 310 g/mol. The van der Waals surface area contributed by atoms with Gasteiger partial charge in [-0.05, 0) is 12.8 Å². The number of ether oxygens (including phenoxy) is 1. The van der Waals surface area contributed by atoms with Crippen molar-refractivity contribution in [2.75, 3.05) is 47.4 Å². The average Bonchev–Trinajstić information content (AvgIpc) is 2.94. The van der Waals surface area contributed by atoms with Gasteiger partial charge in [-0.1, -0.05) is 19.8 Å². The fourth-order valence-electron chi connectivity index (χ4n) is 3.32. The number of rotatable bonds is 5. The van der Waals surface area contributed by atoms with Crippen molar-refractivity contribution in [3.8, 4) is 0 Å². The van der Waals surface area contributed by atoms with Crippen LogP contribution in [0.4, 0.5) is 0 Å². The molecule has 0 aromatic heterocycles. The number of hydrogen-bond acceptors (Lipinski definition) is 3. The molecule has 0 radical (unpaired) electrons. The van der Waals surface area contributed by atoms with E-state index in [9.17, 15) is 4.79 Å². The van der Waals surface area contributed by atoms with Crippen molar-refractivity contribution >= 4 is 11.9 Å². The number of carbonyl (C=O) groups is 1. The van der Waals surface area contributed by atoms with Gasteiger partial charge < -0.3 is 20.3 Å². The Morgan fingerprint density at radius 3 is 2.23 bits per heavy atom. The number of nitrogens with one attached hydrogen (secondary N) is 2. The molecule has 1 saturated carbocycles. The van der Waals surface area contributed by atoms with E-state index < -0.39 is 0 Å². The molecule has 0 atom stereocenters. The zero-order valence-corrected chi connectivity index (χ0v) is 14.4. The quantitative estimate of drug-likeness (QED) is 0.583. The van der Waals surface area contributed by atoms with Crippen LogP contribution in [-0.4, -0.2) is 64.2 Å². The maximum Gasteiger partial charge on any atom is 0.230 e. The van der Waals surface area contributed by atoms with Gasteiger partial charge in [0.2, 0.25) is 5.91 Å². The summed E-state index contributed by atoms with van der Waals surface area (Å²) in [5, 5.41) is 6.71. The fourth-order valence-corrected chi connectivity index (χ4v) is 3.32. The Morgan fingerprint density at radius 2 is 1.77 bits per heavy atom. The lowest BCUT2D eigenvalue weighted by Gasteiger charge is -2.38. The molecule has 1 saturated heterocycles. The molecule has 1 heterocycles. The Hall–Kier alpha value is -1.30. The smallest absolute Gasteiger partial charge is 0.230 e. The van der Waals surface area contributed by atoms with E-state index in [0.717, 1.165) is 51.4 Å². The maximum absolute atomic E-state index is 12.5. The van der Waals surface area contributed by atoms with Crippen molar-refractivity contribution in [1.29, 1.82) is 0 Å². The van der Waals surface area contributed by atoms with E-state index in [1.807, 2.05) is 14.1 Å². The molecule has 2 aliphatic rings. The molecular formula is C16H30N4O2. The summed E-state index contributed by atoms with van der Waals surface area (Å²) in [6, 6.07) is 0. The van der Waals surface area contributed by atoms with Crippen LogP contribution in [0.2, 0.25) is 0 Å². The van der Waals surface area contributed by atoms with Crippen molar-refractivity contribution in [2.24, 2.45) is 15.8 Å². The lowest BCUT2D eigenvalue weighted by atomic mass is 9.84. The first-order valence-electron chi connectivity index (χ1n) is 8.15. The molecule has 2 N–H and O–H groups in total. The van der Waals surface area contributed by atoms with Crippen molar-refractivity contribution in [3.05, 3.63) is 0 Å². The van der Waals surface area contributed by atoms with Crippen LogP contribution in [0.15, 0.2) is 4.99 Å². The van der Waals surface area contributed by atoms with Gasteiger partial charge in [0, 0.05) is 39.6 Å². The average molecular weight is 310 g/mol. The van der Waals surface area contributed by atoms with Crippen molar-refractivity contribution in [1.82, 2.24) is 15.5 Å². The normalized spacial score (nSPS) is 22.8. The van der Waals surface area contributed by atoms with E-state index in [1.165, 1.54) is 0 Å². The van der Waals surface area contributed by atoms with Crippen molar-refractivity contribution in [2.45, 2.75) is 32.6 Å². The second-order valence-electron chi connectivity index (χ2n) is 7.27. The summed E-state index contributed by atoms with van der Waals surface area (Å²) in [5.74, 6) is 0.998. The van der Waals surface area contributed by atoms with E-state index in [0.29, 0.717) is 6.54 Å². The molecule has 0 spiro atoms. The molecule has 0 aromatic carbocycles. The van der Waals surface area contributed by atoms with E-state index >= 15 is 0 Å². The van der Waals surface area contributed by atoms with Gasteiger partial charge in [0.05, 0.1) is 18.6 Å². The molecule has 6 heteroatoms. The van der Waals surface area contributed by atoms with Crippen LogP contribution < -0.4 is 10.6 Å². The molecule has 2 fully saturated rings. The van der Waals surface area contributed by atoms with Crippen LogP contribution >= 0.6 is 0 Å². The van der Waals surface area contributed by atoms with Crippen LogP contribution in [0.25, 0.3) is 0 Å². The zero-order chi connectivity index (χ0) is 16.2. The van der Waals surface area contributed by atoms with Crippen LogP contribution in [0.1, 0.15) is 32.6 Å². The highest BCUT2D eigenvalue weighted by Crippen LogP contribution is 2.38. The highest BCUT2D eigenvalue weighted by atomic mass is 16.5. The Labute approximate surface area is 133 Å². The van der Waals surface area contributed by atoms with Crippen LogP contribution in [0.3, 0.4) is 0 Å². The lowest BCUT2D eigenvalue weighted by molar-refractivity contribution is -0.138. The summed E-state index contributed by atoms with van der Waals surface area (Å²) in [4.78, 5) is 18.5. The second kappa shape index (κ2) is 6.86. The van der Waals surface area contributed by atoms with Crippen molar-refractivity contribution in [3.63, 3.8) is 0 Å². The van der Waals surface area contributed by atoms with E-state index in [4.69, 9.17) is 4.74 Å². The molecule has 22 heavy (non-hydrogen) atoms. The standard InChI is InChI=1S/C16H30N4O2/c1-15(11-22-12-15)9-18-14(17-2)19-10-16(7-5-6-8-16)13(21)20(3)4/h5-12H2,1-4H3,(H2,17,18,19). The first kappa shape index (κ1) is 17.1. The summed E-state index contributed by atoms with van der Waals surface area (Å²) >= 11 is 0. The van der Waals surface area contributed by atoms with E-state index in [2.05, 4.69) is 22.5 Å². The van der Waals surface area contributed by atoms with Gasteiger partial charge in [-0.15, -0.1) is 0 Å². The Morgan fingerprint density at radius 1 is 1.18 bits per heavy atom. The maximum atomic E-state index is 12.5. The minimum Gasteiger partial charge on any atom is -0.380 e. The Kier molecular flexibility index (Phi) is 5.32. The number of amides is 1. The van der Waals surface area contributed by atoms with Crippen molar-refractivity contribution < 1.29 is 9.53 Å². The van der Waals surface area contributed by atoms with Gasteiger partial charge in [-0.25, -0.2) is 0 Å². The number of guanidine groups is 1. The predicted octanol–water partition coefficient (Wildman–Crippen LogP) is 0.837. The summed E-state index contributed by atoms with van der Waals surface area (Å²) in [7, 11) is 5.45. The van der Waals surface area contributed by atoms with Crippen LogP contribution in [-0.2, 0) is 9.53 Å². The minimum atomic E-state index is -0.273. The SMILES string of the molecule is CN=C(NCC1(C)COC1)NCC1(C(=O)N(C)C)CCCC1. The predicted molar refractivity (Wildman–Crippen MR) is 87.9 cm³/mol. The molecule has 2 rings (SSSR count). The van der Waals surface area contributed by atoms with Gasteiger partial charge in [-0.2, -0.15) is 0 Å².